The van der Waals surface area contributed by atoms with Gasteiger partial charge >= 0.3 is 0 Å². The summed E-state index contributed by atoms with van der Waals surface area (Å²) in [6.07, 6.45) is 0. The SMILES string of the molecule is Nc1nc2c(Cl)cccc2n1Cc1cccc(F)c1. The number of halogens is 2. The first-order valence-corrected chi connectivity index (χ1v) is 6.17. The Morgan fingerprint density at radius 3 is 2.79 bits per heavy atom. The molecule has 2 N–H and O–H groups in total. The largest absolute Gasteiger partial charge is 0.369 e. The topological polar surface area (TPSA) is 43.8 Å². The summed E-state index contributed by atoms with van der Waals surface area (Å²) in [5, 5.41) is 0.558. The Labute approximate surface area is 114 Å². The minimum Gasteiger partial charge on any atom is -0.369 e. The number of rotatable bonds is 2. The molecule has 5 heteroatoms. The van der Waals surface area contributed by atoms with E-state index in [0.29, 0.717) is 23.0 Å². The van der Waals surface area contributed by atoms with E-state index in [2.05, 4.69) is 4.98 Å². The molecule has 0 aliphatic rings. The van der Waals surface area contributed by atoms with Crippen LogP contribution in [0.2, 0.25) is 5.02 Å². The van der Waals surface area contributed by atoms with Crippen LogP contribution in [0.3, 0.4) is 0 Å². The van der Waals surface area contributed by atoms with Crippen molar-refractivity contribution in [3.63, 3.8) is 0 Å². The van der Waals surface area contributed by atoms with Crippen molar-refractivity contribution in [2.24, 2.45) is 0 Å². The Balaban J connectivity index is 2.10. The summed E-state index contributed by atoms with van der Waals surface area (Å²) in [6.45, 7) is 0.459. The van der Waals surface area contributed by atoms with Gasteiger partial charge in [-0.25, -0.2) is 9.37 Å². The summed E-state index contributed by atoms with van der Waals surface area (Å²) in [5.41, 5.74) is 8.24. The van der Waals surface area contributed by atoms with Gasteiger partial charge in [-0.05, 0) is 29.8 Å². The van der Waals surface area contributed by atoms with Gasteiger partial charge in [0.15, 0.2) is 0 Å². The Bertz CT molecular complexity index is 752. The number of nitrogen functional groups attached to an aromatic ring is 1. The number of nitrogens with two attached hydrogens (primary N) is 1. The van der Waals surface area contributed by atoms with Crippen LogP contribution in [-0.2, 0) is 6.54 Å². The summed E-state index contributed by atoms with van der Waals surface area (Å²) in [4.78, 5) is 4.25. The normalized spacial score (nSPS) is 11.1. The molecule has 0 amide bonds. The lowest BCUT2D eigenvalue weighted by Crippen LogP contribution is -2.04. The van der Waals surface area contributed by atoms with Gasteiger partial charge in [0, 0.05) is 0 Å². The molecule has 3 rings (SSSR count). The third kappa shape index (κ3) is 2.15. The molecule has 0 radical (unpaired) electrons. The molecule has 2 aromatic carbocycles. The summed E-state index contributed by atoms with van der Waals surface area (Å²) in [5.74, 6) is 0.103. The van der Waals surface area contributed by atoms with E-state index in [1.165, 1.54) is 12.1 Å². The molecular formula is C14H11ClFN3. The lowest BCUT2D eigenvalue weighted by atomic mass is 10.2. The molecule has 96 valence electrons. The second-order valence-corrected chi connectivity index (χ2v) is 4.70. The second-order valence-electron chi connectivity index (χ2n) is 4.29. The maximum Gasteiger partial charge on any atom is 0.201 e. The molecule has 0 bridgehead atoms. The quantitative estimate of drug-likeness (QED) is 0.778. The monoisotopic (exact) mass is 275 g/mol. The molecule has 0 aliphatic heterocycles. The van der Waals surface area contributed by atoms with Crippen molar-refractivity contribution in [1.29, 1.82) is 0 Å². The highest BCUT2D eigenvalue weighted by Gasteiger charge is 2.11. The van der Waals surface area contributed by atoms with E-state index in [1.54, 1.807) is 12.1 Å². The average Bonchev–Trinajstić information content (AvgIpc) is 2.69. The second kappa shape index (κ2) is 4.55. The Hall–Kier alpha value is -2.07. The molecule has 0 fully saturated rings. The highest BCUT2D eigenvalue weighted by atomic mass is 35.5. The van der Waals surface area contributed by atoms with Crippen molar-refractivity contribution < 1.29 is 4.39 Å². The molecule has 3 nitrogen and oxygen atoms in total. The number of aromatic nitrogens is 2. The Morgan fingerprint density at radius 1 is 1.21 bits per heavy atom. The maximum absolute atomic E-state index is 13.2. The van der Waals surface area contributed by atoms with Crippen molar-refractivity contribution in [1.82, 2.24) is 9.55 Å². The number of benzene rings is 2. The van der Waals surface area contributed by atoms with Crippen LogP contribution in [0.25, 0.3) is 11.0 Å². The van der Waals surface area contributed by atoms with E-state index in [9.17, 15) is 4.39 Å². The van der Waals surface area contributed by atoms with Gasteiger partial charge in [-0.2, -0.15) is 0 Å². The van der Waals surface area contributed by atoms with Crippen LogP contribution in [0.15, 0.2) is 42.5 Å². The van der Waals surface area contributed by atoms with E-state index < -0.39 is 0 Å². The lowest BCUT2D eigenvalue weighted by molar-refractivity contribution is 0.624. The van der Waals surface area contributed by atoms with Gasteiger partial charge in [-0.3, -0.25) is 0 Å². The third-order valence-electron chi connectivity index (χ3n) is 2.99. The van der Waals surface area contributed by atoms with Gasteiger partial charge in [0.1, 0.15) is 11.3 Å². The minimum atomic E-state index is -0.265. The zero-order valence-electron chi connectivity index (χ0n) is 9.98. The molecule has 19 heavy (non-hydrogen) atoms. The molecule has 0 saturated heterocycles. The average molecular weight is 276 g/mol. The van der Waals surface area contributed by atoms with E-state index >= 15 is 0 Å². The molecule has 0 atom stereocenters. The van der Waals surface area contributed by atoms with Crippen LogP contribution in [0, 0.1) is 5.82 Å². The molecule has 3 aromatic rings. The lowest BCUT2D eigenvalue weighted by Gasteiger charge is -2.06. The van der Waals surface area contributed by atoms with Crippen molar-refractivity contribution >= 4 is 28.6 Å². The first kappa shape index (κ1) is 12.0. The predicted molar refractivity (Wildman–Crippen MR) is 74.7 cm³/mol. The molecule has 0 saturated carbocycles. The number of imidazole rings is 1. The van der Waals surface area contributed by atoms with Gasteiger partial charge < -0.3 is 10.3 Å². The number of nitrogens with zero attached hydrogens (tertiary/aromatic N) is 2. The number of anilines is 1. The van der Waals surface area contributed by atoms with Gasteiger partial charge in [0.05, 0.1) is 17.1 Å². The van der Waals surface area contributed by atoms with Crippen LogP contribution < -0.4 is 5.73 Å². The first-order chi connectivity index (χ1) is 9.15. The predicted octanol–water partition coefficient (Wildman–Crippen LogP) is 3.46. The molecule has 0 aliphatic carbocycles. The van der Waals surface area contributed by atoms with E-state index in [0.717, 1.165) is 11.1 Å². The van der Waals surface area contributed by atoms with Gasteiger partial charge in [-0.15, -0.1) is 0 Å². The Morgan fingerprint density at radius 2 is 2.00 bits per heavy atom. The fourth-order valence-electron chi connectivity index (χ4n) is 2.11. The van der Waals surface area contributed by atoms with E-state index in [4.69, 9.17) is 17.3 Å². The van der Waals surface area contributed by atoms with E-state index in [1.807, 2.05) is 22.8 Å². The number of hydrogen-bond donors (Lipinski definition) is 1. The molecule has 0 spiro atoms. The highest BCUT2D eigenvalue weighted by Crippen LogP contribution is 2.25. The van der Waals surface area contributed by atoms with Crippen LogP contribution in [0.1, 0.15) is 5.56 Å². The van der Waals surface area contributed by atoms with Crippen molar-refractivity contribution in [3.05, 3.63) is 58.9 Å². The zero-order chi connectivity index (χ0) is 13.4. The minimum absolute atomic E-state index is 0.265. The first-order valence-electron chi connectivity index (χ1n) is 5.80. The maximum atomic E-state index is 13.2. The van der Waals surface area contributed by atoms with Crippen LogP contribution in [-0.4, -0.2) is 9.55 Å². The summed E-state index contributed by atoms with van der Waals surface area (Å²) in [6, 6.07) is 11.9. The van der Waals surface area contributed by atoms with Crippen molar-refractivity contribution in [2.45, 2.75) is 6.54 Å². The summed E-state index contributed by atoms with van der Waals surface area (Å²) in [7, 11) is 0. The van der Waals surface area contributed by atoms with Crippen LogP contribution >= 0.6 is 11.6 Å². The Kier molecular flexibility index (Phi) is 2.87. The molecule has 0 unspecified atom stereocenters. The fourth-order valence-corrected chi connectivity index (χ4v) is 2.33. The number of para-hydroxylation sites is 1. The summed E-state index contributed by atoms with van der Waals surface area (Å²) >= 11 is 6.08. The van der Waals surface area contributed by atoms with Gasteiger partial charge in [0.2, 0.25) is 5.95 Å². The van der Waals surface area contributed by atoms with Crippen LogP contribution in [0.5, 0.6) is 0 Å². The molecule has 1 heterocycles. The van der Waals surface area contributed by atoms with Crippen molar-refractivity contribution in [2.75, 3.05) is 5.73 Å². The van der Waals surface area contributed by atoms with Gasteiger partial charge in [-0.1, -0.05) is 29.8 Å². The van der Waals surface area contributed by atoms with Gasteiger partial charge in [0.25, 0.3) is 0 Å². The zero-order valence-corrected chi connectivity index (χ0v) is 10.7. The van der Waals surface area contributed by atoms with E-state index in [-0.39, 0.29) is 5.82 Å². The molecule has 1 aromatic heterocycles. The highest BCUT2D eigenvalue weighted by molar-refractivity contribution is 6.35. The summed E-state index contributed by atoms with van der Waals surface area (Å²) < 4.78 is 15.0. The molecular weight excluding hydrogens is 265 g/mol. The fraction of sp³-hybridized carbons (Fsp3) is 0.0714. The number of hydrogen-bond acceptors (Lipinski definition) is 2. The smallest absolute Gasteiger partial charge is 0.201 e. The number of fused-ring (bicyclic) bond motifs is 1. The van der Waals surface area contributed by atoms with Crippen LogP contribution in [0.4, 0.5) is 10.3 Å². The standard InChI is InChI=1S/C14H11ClFN3/c15-11-5-2-6-12-13(11)18-14(17)19(12)8-9-3-1-4-10(16)7-9/h1-7H,8H2,(H2,17,18). The third-order valence-corrected chi connectivity index (χ3v) is 3.29. The van der Waals surface area contributed by atoms with Crippen molar-refractivity contribution in [3.8, 4) is 0 Å².